The molecule has 0 heterocycles. The lowest BCUT2D eigenvalue weighted by Gasteiger charge is -2.11. The highest BCUT2D eigenvalue weighted by Crippen LogP contribution is 2.12. The quantitative estimate of drug-likeness (QED) is 0.826. The SMILES string of the molecule is C=CC[C@H](C)NC(=O)Cc1cccc(Br)c1. The first-order chi connectivity index (χ1) is 7.61. The number of halogens is 1. The van der Waals surface area contributed by atoms with Gasteiger partial charge < -0.3 is 5.32 Å². The van der Waals surface area contributed by atoms with E-state index in [0.717, 1.165) is 16.5 Å². The number of hydrogen-bond donors (Lipinski definition) is 1. The van der Waals surface area contributed by atoms with Crippen molar-refractivity contribution in [2.45, 2.75) is 25.8 Å². The summed E-state index contributed by atoms with van der Waals surface area (Å²) in [5, 5.41) is 2.92. The Morgan fingerprint density at radius 2 is 2.38 bits per heavy atom. The fourth-order valence-corrected chi connectivity index (χ4v) is 1.91. The molecule has 0 aliphatic heterocycles. The van der Waals surface area contributed by atoms with Crippen LogP contribution in [-0.2, 0) is 11.2 Å². The Morgan fingerprint density at radius 3 is 3.00 bits per heavy atom. The van der Waals surface area contributed by atoms with Crippen molar-refractivity contribution in [2.75, 3.05) is 0 Å². The van der Waals surface area contributed by atoms with Gasteiger partial charge in [-0.2, -0.15) is 0 Å². The van der Waals surface area contributed by atoms with Crippen LogP contribution in [0.5, 0.6) is 0 Å². The summed E-state index contributed by atoms with van der Waals surface area (Å²) in [6.45, 7) is 5.62. The van der Waals surface area contributed by atoms with Crippen molar-refractivity contribution in [3.05, 3.63) is 47.0 Å². The Bertz CT molecular complexity index is 376. The molecule has 0 radical (unpaired) electrons. The summed E-state index contributed by atoms with van der Waals surface area (Å²) in [4.78, 5) is 11.6. The van der Waals surface area contributed by atoms with Crippen molar-refractivity contribution < 1.29 is 4.79 Å². The summed E-state index contributed by atoms with van der Waals surface area (Å²) >= 11 is 3.38. The van der Waals surface area contributed by atoms with Gasteiger partial charge in [0.25, 0.3) is 0 Å². The summed E-state index contributed by atoms with van der Waals surface area (Å²) in [6.07, 6.45) is 3.02. The van der Waals surface area contributed by atoms with E-state index in [9.17, 15) is 4.79 Å². The van der Waals surface area contributed by atoms with Gasteiger partial charge in [-0.1, -0.05) is 34.1 Å². The summed E-state index contributed by atoms with van der Waals surface area (Å²) < 4.78 is 0.997. The van der Waals surface area contributed by atoms with Crippen LogP contribution < -0.4 is 5.32 Å². The molecule has 0 aliphatic carbocycles. The second kappa shape index (κ2) is 6.48. The third-order valence-electron chi connectivity index (χ3n) is 2.18. The second-order valence-corrected chi connectivity index (χ2v) is 4.72. The summed E-state index contributed by atoms with van der Waals surface area (Å²) in [7, 11) is 0. The zero-order valence-electron chi connectivity index (χ0n) is 9.37. The van der Waals surface area contributed by atoms with E-state index in [1.54, 1.807) is 0 Å². The molecule has 0 unspecified atom stereocenters. The molecule has 0 saturated heterocycles. The van der Waals surface area contributed by atoms with Gasteiger partial charge in [-0.05, 0) is 31.0 Å². The Kier molecular flexibility index (Phi) is 5.26. The van der Waals surface area contributed by atoms with Crippen LogP contribution in [0.15, 0.2) is 41.4 Å². The normalized spacial score (nSPS) is 11.9. The molecule has 1 aromatic carbocycles. The van der Waals surface area contributed by atoms with Crippen molar-refractivity contribution in [3.63, 3.8) is 0 Å². The molecule has 0 aliphatic rings. The highest BCUT2D eigenvalue weighted by molar-refractivity contribution is 9.10. The minimum atomic E-state index is 0.0486. The van der Waals surface area contributed by atoms with Crippen LogP contribution in [0, 0.1) is 0 Å². The van der Waals surface area contributed by atoms with Crippen LogP contribution in [-0.4, -0.2) is 11.9 Å². The van der Waals surface area contributed by atoms with E-state index in [-0.39, 0.29) is 11.9 Å². The van der Waals surface area contributed by atoms with Gasteiger partial charge in [0.2, 0.25) is 5.91 Å². The molecule has 86 valence electrons. The molecule has 16 heavy (non-hydrogen) atoms. The van der Waals surface area contributed by atoms with Crippen LogP contribution >= 0.6 is 15.9 Å². The van der Waals surface area contributed by atoms with Crippen LogP contribution in [0.2, 0.25) is 0 Å². The van der Waals surface area contributed by atoms with Crippen LogP contribution in [0.1, 0.15) is 18.9 Å². The number of carbonyl (C=O) groups is 1. The van der Waals surface area contributed by atoms with Crippen LogP contribution in [0.3, 0.4) is 0 Å². The molecule has 1 N–H and O–H groups in total. The van der Waals surface area contributed by atoms with Crippen molar-refractivity contribution >= 4 is 21.8 Å². The van der Waals surface area contributed by atoms with E-state index in [0.29, 0.717) is 6.42 Å². The van der Waals surface area contributed by atoms with Gasteiger partial charge in [-0.15, -0.1) is 6.58 Å². The fourth-order valence-electron chi connectivity index (χ4n) is 1.47. The van der Waals surface area contributed by atoms with Gasteiger partial charge in [-0.3, -0.25) is 4.79 Å². The third-order valence-corrected chi connectivity index (χ3v) is 2.67. The zero-order valence-corrected chi connectivity index (χ0v) is 11.0. The number of nitrogens with one attached hydrogen (secondary N) is 1. The van der Waals surface area contributed by atoms with Gasteiger partial charge in [0.15, 0.2) is 0 Å². The van der Waals surface area contributed by atoms with Crippen molar-refractivity contribution in [3.8, 4) is 0 Å². The summed E-state index contributed by atoms with van der Waals surface area (Å²) in [5.41, 5.74) is 1.01. The van der Waals surface area contributed by atoms with E-state index in [2.05, 4.69) is 27.8 Å². The molecule has 1 atom stereocenters. The largest absolute Gasteiger partial charge is 0.353 e. The minimum Gasteiger partial charge on any atom is -0.353 e. The number of hydrogen-bond acceptors (Lipinski definition) is 1. The smallest absolute Gasteiger partial charge is 0.224 e. The van der Waals surface area contributed by atoms with E-state index in [4.69, 9.17) is 0 Å². The van der Waals surface area contributed by atoms with Crippen LogP contribution in [0.25, 0.3) is 0 Å². The number of benzene rings is 1. The maximum atomic E-state index is 11.6. The Balaban J connectivity index is 2.48. The van der Waals surface area contributed by atoms with Gasteiger partial charge in [0, 0.05) is 10.5 Å². The Morgan fingerprint density at radius 1 is 1.62 bits per heavy atom. The van der Waals surface area contributed by atoms with Gasteiger partial charge >= 0.3 is 0 Å². The first-order valence-electron chi connectivity index (χ1n) is 5.26. The topological polar surface area (TPSA) is 29.1 Å². The number of amides is 1. The van der Waals surface area contributed by atoms with Gasteiger partial charge in [0.1, 0.15) is 0 Å². The average molecular weight is 282 g/mol. The lowest BCUT2D eigenvalue weighted by atomic mass is 10.1. The minimum absolute atomic E-state index is 0.0486. The van der Waals surface area contributed by atoms with Crippen LogP contribution in [0.4, 0.5) is 0 Å². The molecule has 0 saturated carbocycles. The highest BCUT2D eigenvalue weighted by Gasteiger charge is 2.06. The Hall–Kier alpha value is -1.09. The maximum Gasteiger partial charge on any atom is 0.224 e. The molecule has 0 bridgehead atoms. The second-order valence-electron chi connectivity index (χ2n) is 3.80. The first kappa shape index (κ1) is 13.0. The fraction of sp³-hybridized carbons (Fsp3) is 0.308. The molecule has 1 rings (SSSR count). The first-order valence-corrected chi connectivity index (χ1v) is 6.06. The molecule has 1 aromatic rings. The predicted octanol–water partition coefficient (Wildman–Crippen LogP) is 3.07. The summed E-state index contributed by atoms with van der Waals surface area (Å²) in [5.74, 6) is 0.0486. The molecular weight excluding hydrogens is 266 g/mol. The third kappa shape index (κ3) is 4.62. The van der Waals surface area contributed by atoms with E-state index in [1.807, 2.05) is 37.3 Å². The predicted molar refractivity (Wildman–Crippen MR) is 70.3 cm³/mol. The molecule has 1 amide bonds. The van der Waals surface area contributed by atoms with Crippen molar-refractivity contribution in [1.29, 1.82) is 0 Å². The zero-order chi connectivity index (χ0) is 12.0. The maximum absolute atomic E-state index is 11.6. The van der Waals surface area contributed by atoms with Gasteiger partial charge in [-0.25, -0.2) is 0 Å². The molecule has 0 aromatic heterocycles. The average Bonchev–Trinajstić information content (AvgIpc) is 2.17. The highest BCUT2D eigenvalue weighted by atomic mass is 79.9. The number of rotatable bonds is 5. The van der Waals surface area contributed by atoms with E-state index in [1.165, 1.54) is 0 Å². The van der Waals surface area contributed by atoms with E-state index >= 15 is 0 Å². The van der Waals surface area contributed by atoms with Crippen molar-refractivity contribution in [2.24, 2.45) is 0 Å². The van der Waals surface area contributed by atoms with Gasteiger partial charge in [0.05, 0.1) is 6.42 Å². The molecule has 2 nitrogen and oxygen atoms in total. The van der Waals surface area contributed by atoms with E-state index < -0.39 is 0 Å². The molecular formula is C13H16BrNO. The summed E-state index contributed by atoms with van der Waals surface area (Å²) in [6, 6.07) is 7.93. The van der Waals surface area contributed by atoms with Crippen molar-refractivity contribution in [1.82, 2.24) is 5.32 Å². The molecule has 3 heteroatoms. The monoisotopic (exact) mass is 281 g/mol. The lowest BCUT2D eigenvalue weighted by molar-refractivity contribution is -0.121. The molecule has 0 fully saturated rings. The molecule has 0 spiro atoms. The Labute approximate surface area is 105 Å². The lowest BCUT2D eigenvalue weighted by Crippen LogP contribution is -2.33. The number of carbonyl (C=O) groups excluding carboxylic acids is 1. The standard InChI is InChI=1S/C13H16BrNO/c1-3-5-10(2)15-13(16)9-11-6-4-7-12(14)8-11/h3-4,6-8,10H,1,5,9H2,2H3,(H,15,16)/t10-/m0/s1.